The SMILES string of the molecule is CCOc1ccc2c(c1)CN(C(=O)Nc1cccc(C(=O)N3CCCC3)c1)CC2. The third kappa shape index (κ3) is 4.36. The van der Waals surface area contributed by atoms with E-state index in [2.05, 4.69) is 11.4 Å². The Bertz CT molecular complexity index is 906. The predicted octanol–water partition coefficient (Wildman–Crippen LogP) is 3.91. The maximum absolute atomic E-state index is 12.8. The zero-order valence-electron chi connectivity index (χ0n) is 16.8. The number of nitrogens with one attached hydrogen (secondary N) is 1. The van der Waals surface area contributed by atoms with Gasteiger partial charge in [0.15, 0.2) is 0 Å². The number of benzene rings is 2. The molecular weight excluding hydrogens is 366 g/mol. The molecule has 1 saturated heterocycles. The molecule has 0 saturated carbocycles. The molecule has 0 spiro atoms. The van der Waals surface area contributed by atoms with Gasteiger partial charge >= 0.3 is 6.03 Å². The molecule has 1 N–H and O–H groups in total. The van der Waals surface area contributed by atoms with Crippen molar-refractivity contribution in [1.82, 2.24) is 9.80 Å². The molecule has 6 heteroatoms. The Kier molecular flexibility index (Phi) is 5.69. The summed E-state index contributed by atoms with van der Waals surface area (Å²) < 4.78 is 5.59. The first-order valence-electron chi connectivity index (χ1n) is 10.3. The molecule has 152 valence electrons. The van der Waals surface area contributed by atoms with E-state index in [4.69, 9.17) is 4.74 Å². The van der Waals surface area contributed by atoms with Crippen LogP contribution >= 0.6 is 0 Å². The first-order chi connectivity index (χ1) is 14.1. The number of likely N-dealkylation sites (tertiary alicyclic amines) is 1. The molecule has 29 heavy (non-hydrogen) atoms. The van der Waals surface area contributed by atoms with E-state index in [1.165, 1.54) is 5.56 Å². The van der Waals surface area contributed by atoms with Crippen molar-refractivity contribution in [2.75, 3.05) is 31.6 Å². The number of urea groups is 1. The maximum atomic E-state index is 12.8. The molecule has 0 bridgehead atoms. The molecule has 0 unspecified atom stereocenters. The summed E-state index contributed by atoms with van der Waals surface area (Å²) in [5.41, 5.74) is 3.65. The number of ether oxygens (including phenoxy) is 1. The zero-order chi connectivity index (χ0) is 20.2. The standard InChI is InChI=1S/C23H27N3O3/c1-2-29-21-9-8-17-10-13-26(16-19(17)15-21)23(28)24-20-7-5-6-18(14-20)22(27)25-11-3-4-12-25/h5-9,14-15H,2-4,10-13,16H2,1H3,(H,24,28). The fraction of sp³-hybridized carbons (Fsp3) is 0.391. The lowest BCUT2D eigenvalue weighted by Crippen LogP contribution is -2.38. The Morgan fingerprint density at radius 3 is 2.62 bits per heavy atom. The Morgan fingerprint density at radius 2 is 1.83 bits per heavy atom. The molecule has 2 heterocycles. The topological polar surface area (TPSA) is 61.9 Å². The highest BCUT2D eigenvalue weighted by Crippen LogP contribution is 2.25. The second kappa shape index (κ2) is 8.55. The molecule has 0 atom stereocenters. The largest absolute Gasteiger partial charge is 0.494 e. The predicted molar refractivity (Wildman–Crippen MR) is 112 cm³/mol. The van der Waals surface area contributed by atoms with Crippen LogP contribution in [0.15, 0.2) is 42.5 Å². The van der Waals surface area contributed by atoms with E-state index in [1.54, 1.807) is 11.0 Å². The molecule has 0 aliphatic carbocycles. The highest BCUT2D eigenvalue weighted by Gasteiger charge is 2.22. The first kappa shape index (κ1) is 19.3. The monoisotopic (exact) mass is 393 g/mol. The van der Waals surface area contributed by atoms with Crippen molar-refractivity contribution < 1.29 is 14.3 Å². The van der Waals surface area contributed by atoms with Crippen molar-refractivity contribution >= 4 is 17.6 Å². The normalized spacial score (nSPS) is 15.8. The number of nitrogens with zero attached hydrogens (tertiary/aromatic N) is 2. The highest BCUT2D eigenvalue weighted by atomic mass is 16.5. The Balaban J connectivity index is 1.42. The van der Waals surface area contributed by atoms with Gasteiger partial charge in [-0.2, -0.15) is 0 Å². The number of carbonyl (C=O) groups excluding carboxylic acids is 2. The van der Waals surface area contributed by atoms with Crippen LogP contribution in [0.2, 0.25) is 0 Å². The fourth-order valence-corrected chi connectivity index (χ4v) is 4.00. The van der Waals surface area contributed by atoms with Crippen LogP contribution in [-0.2, 0) is 13.0 Å². The van der Waals surface area contributed by atoms with Crippen molar-refractivity contribution in [2.45, 2.75) is 32.7 Å². The van der Waals surface area contributed by atoms with Gasteiger partial charge in [-0.25, -0.2) is 4.79 Å². The fourth-order valence-electron chi connectivity index (χ4n) is 4.00. The van der Waals surface area contributed by atoms with Gasteiger partial charge in [0.05, 0.1) is 6.61 Å². The van der Waals surface area contributed by atoms with E-state index < -0.39 is 0 Å². The Morgan fingerprint density at radius 1 is 1.00 bits per heavy atom. The van der Waals surface area contributed by atoms with E-state index >= 15 is 0 Å². The van der Waals surface area contributed by atoms with E-state index in [1.807, 2.05) is 42.2 Å². The van der Waals surface area contributed by atoms with Crippen molar-refractivity contribution in [1.29, 1.82) is 0 Å². The molecule has 0 aromatic heterocycles. The van der Waals surface area contributed by atoms with E-state index in [-0.39, 0.29) is 11.9 Å². The van der Waals surface area contributed by atoms with Crippen LogP contribution in [0.5, 0.6) is 5.75 Å². The highest BCUT2D eigenvalue weighted by molar-refractivity contribution is 5.97. The van der Waals surface area contributed by atoms with Crippen LogP contribution in [0.3, 0.4) is 0 Å². The summed E-state index contributed by atoms with van der Waals surface area (Å²) >= 11 is 0. The lowest BCUT2D eigenvalue weighted by molar-refractivity contribution is 0.0793. The summed E-state index contributed by atoms with van der Waals surface area (Å²) in [7, 11) is 0. The van der Waals surface area contributed by atoms with Gasteiger partial charge in [0.1, 0.15) is 5.75 Å². The summed E-state index contributed by atoms with van der Waals surface area (Å²) in [4.78, 5) is 29.1. The van der Waals surface area contributed by atoms with Gasteiger partial charge in [-0.1, -0.05) is 12.1 Å². The van der Waals surface area contributed by atoms with Crippen LogP contribution in [-0.4, -0.2) is 48.0 Å². The van der Waals surface area contributed by atoms with Gasteiger partial charge in [0.25, 0.3) is 5.91 Å². The molecular formula is C23H27N3O3. The van der Waals surface area contributed by atoms with Gasteiger partial charge in [-0.15, -0.1) is 0 Å². The molecule has 0 radical (unpaired) electrons. The minimum atomic E-state index is -0.150. The van der Waals surface area contributed by atoms with Crippen LogP contribution in [0.1, 0.15) is 41.3 Å². The third-order valence-corrected chi connectivity index (χ3v) is 5.54. The third-order valence-electron chi connectivity index (χ3n) is 5.54. The quantitative estimate of drug-likeness (QED) is 0.857. The van der Waals surface area contributed by atoms with E-state index in [0.717, 1.165) is 43.7 Å². The molecule has 1 fully saturated rings. The molecule has 2 aliphatic heterocycles. The lowest BCUT2D eigenvalue weighted by atomic mass is 10.00. The minimum absolute atomic E-state index is 0.0361. The van der Waals surface area contributed by atoms with Gasteiger partial charge in [-0.3, -0.25) is 4.79 Å². The first-order valence-corrected chi connectivity index (χ1v) is 10.3. The summed E-state index contributed by atoms with van der Waals surface area (Å²) in [6.45, 7) is 5.42. The van der Waals surface area contributed by atoms with Crippen molar-refractivity contribution in [3.05, 3.63) is 59.2 Å². The second-order valence-corrected chi connectivity index (χ2v) is 7.55. The van der Waals surface area contributed by atoms with Crippen molar-refractivity contribution in [3.63, 3.8) is 0 Å². The number of fused-ring (bicyclic) bond motifs is 1. The summed E-state index contributed by atoms with van der Waals surface area (Å²) in [5, 5.41) is 2.95. The number of carbonyl (C=O) groups is 2. The number of hydrogen-bond donors (Lipinski definition) is 1. The Hall–Kier alpha value is -3.02. The van der Waals surface area contributed by atoms with Gasteiger partial charge in [-0.05, 0) is 67.6 Å². The second-order valence-electron chi connectivity index (χ2n) is 7.55. The van der Waals surface area contributed by atoms with Crippen LogP contribution in [0, 0.1) is 0 Å². The maximum Gasteiger partial charge on any atom is 0.322 e. The van der Waals surface area contributed by atoms with Crippen molar-refractivity contribution in [3.8, 4) is 5.75 Å². The molecule has 2 aromatic carbocycles. The number of anilines is 1. The van der Waals surface area contributed by atoms with Gasteiger partial charge in [0, 0.05) is 37.4 Å². The number of amides is 3. The average Bonchev–Trinajstić information content (AvgIpc) is 3.28. The number of rotatable bonds is 4. The van der Waals surface area contributed by atoms with Gasteiger partial charge in [0.2, 0.25) is 0 Å². The van der Waals surface area contributed by atoms with Crippen LogP contribution < -0.4 is 10.1 Å². The zero-order valence-corrected chi connectivity index (χ0v) is 16.8. The molecule has 2 aromatic rings. The average molecular weight is 393 g/mol. The van der Waals surface area contributed by atoms with Crippen molar-refractivity contribution in [2.24, 2.45) is 0 Å². The summed E-state index contributed by atoms with van der Waals surface area (Å²) in [5.74, 6) is 0.871. The van der Waals surface area contributed by atoms with Crippen LogP contribution in [0.4, 0.5) is 10.5 Å². The smallest absolute Gasteiger partial charge is 0.322 e. The van der Waals surface area contributed by atoms with Gasteiger partial charge < -0.3 is 19.9 Å². The van der Waals surface area contributed by atoms with E-state index in [0.29, 0.717) is 30.9 Å². The summed E-state index contributed by atoms with van der Waals surface area (Å²) in [6.07, 6.45) is 2.94. The molecule has 2 aliphatic rings. The molecule has 4 rings (SSSR count). The molecule has 3 amide bonds. The van der Waals surface area contributed by atoms with Crippen LogP contribution in [0.25, 0.3) is 0 Å². The summed E-state index contributed by atoms with van der Waals surface area (Å²) in [6, 6.07) is 13.2. The number of hydrogen-bond acceptors (Lipinski definition) is 3. The lowest BCUT2D eigenvalue weighted by Gasteiger charge is -2.29. The Labute approximate surface area is 171 Å². The van der Waals surface area contributed by atoms with E-state index in [9.17, 15) is 9.59 Å². The molecule has 6 nitrogen and oxygen atoms in total. The minimum Gasteiger partial charge on any atom is -0.494 e.